The molecular weight excluding hydrogens is 376 g/mol. The smallest absolute Gasteiger partial charge is 0.410 e. The third kappa shape index (κ3) is 5.55. The van der Waals surface area contributed by atoms with Crippen molar-refractivity contribution in [2.45, 2.75) is 89.8 Å². The van der Waals surface area contributed by atoms with E-state index in [1.807, 2.05) is 25.7 Å². The van der Waals surface area contributed by atoms with Gasteiger partial charge in [-0.2, -0.15) is 0 Å². The van der Waals surface area contributed by atoms with E-state index in [0.29, 0.717) is 0 Å². The van der Waals surface area contributed by atoms with E-state index in [2.05, 4.69) is 50.4 Å². The van der Waals surface area contributed by atoms with Gasteiger partial charge in [0, 0.05) is 37.9 Å². The van der Waals surface area contributed by atoms with Gasteiger partial charge in [-0.15, -0.1) is 0 Å². The zero-order valence-electron chi connectivity index (χ0n) is 19.7. The predicted molar refractivity (Wildman–Crippen MR) is 121 cm³/mol. The highest BCUT2D eigenvalue weighted by Gasteiger charge is 2.38. The Morgan fingerprint density at radius 2 is 1.90 bits per heavy atom. The summed E-state index contributed by atoms with van der Waals surface area (Å²) in [4.78, 5) is 14.6. The number of benzene rings is 1. The first-order chi connectivity index (χ1) is 14.0. The Morgan fingerprint density at radius 1 is 1.20 bits per heavy atom. The van der Waals surface area contributed by atoms with Gasteiger partial charge >= 0.3 is 6.09 Å². The summed E-state index contributed by atoms with van der Waals surface area (Å²) in [5, 5.41) is 3.89. The fourth-order valence-corrected chi connectivity index (χ4v) is 4.49. The average molecular weight is 417 g/mol. The molecule has 0 radical (unpaired) electrons. The molecule has 1 aromatic rings. The molecule has 168 valence electrons. The van der Waals surface area contributed by atoms with Crippen molar-refractivity contribution in [3.05, 3.63) is 35.4 Å². The molecule has 0 bridgehead atoms. The molecule has 1 N–H and O–H groups in total. The summed E-state index contributed by atoms with van der Waals surface area (Å²) in [5.41, 5.74) is 2.22. The van der Waals surface area contributed by atoms with Crippen molar-refractivity contribution in [3.8, 4) is 0 Å². The van der Waals surface area contributed by atoms with Crippen LogP contribution in [0.25, 0.3) is 0 Å². The molecule has 2 aliphatic heterocycles. The fourth-order valence-electron chi connectivity index (χ4n) is 4.49. The molecule has 30 heavy (non-hydrogen) atoms. The van der Waals surface area contributed by atoms with Crippen molar-refractivity contribution in [1.82, 2.24) is 10.2 Å². The molecule has 5 nitrogen and oxygen atoms in total. The summed E-state index contributed by atoms with van der Waals surface area (Å²) in [6.07, 6.45) is 3.74. The molecule has 2 fully saturated rings. The molecule has 2 saturated heterocycles. The largest absolute Gasteiger partial charge is 0.444 e. The Hall–Kier alpha value is -1.59. The molecule has 1 atom stereocenters. The first-order valence-electron chi connectivity index (χ1n) is 11.4. The first-order valence-corrected chi connectivity index (χ1v) is 11.4. The summed E-state index contributed by atoms with van der Waals surface area (Å²) in [5.74, 6) is 0. The number of rotatable bonds is 4. The lowest BCUT2D eigenvalue weighted by Crippen LogP contribution is -2.52. The van der Waals surface area contributed by atoms with Crippen LogP contribution in [0.1, 0.15) is 78.4 Å². The second-order valence-corrected chi connectivity index (χ2v) is 10.9. The van der Waals surface area contributed by atoms with Gasteiger partial charge in [-0.1, -0.05) is 45.0 Å². The van der Waals surface area contributed by atoms with Crippen LogP contribution >= 0.6 is 0 Å². The van der Waals surface area contributed by atoms with Gasteiger partial charge < -0.3 is 19.7 Å². The third-order valence-corrected chi connectivity index (χ3v) is 6.31. The quantitative estimate of drug-likeness (QED) is 0.752. The van der Waals surface area contributed by atoms with Crippen molar-refractivity contribution in [3.63, 3.8) is 0 Å². The molecule has 0 aliphatic carbocycles. The van der Waals surface area contributed by atoms with Crippen molar-refractivity contribution >= 4 is 6.09 Å². The summed E-state index contributed by atoms with van der Waals surface area (Å²) >= 11 is 0. The zero-order valence-corrected chi connectivity index (χ0v) is 19.7. The van der Waals surface area contributed by atoms with E-state index in [0.717, 1.165) is 52.0 Å². The van der Waals surface area contributed by atoms with Crippen LogP contribution < -0.4 is 5.32 Å². The topological polar surface area (TPSA) is 50.8 Å². The van der Waals surface area contributed by atoms with Gasteiger partial charge in [0.2, 0.25) is 0 Å². The number of carbonyl (C=O) groups excluding carboxylic acids is 1. The fraction of sp³-hybridized carbons (Fsp3) is 0.720. The van der Waals surface area contributed by atoms with Crippen LogP contribution in [0.5, 0.6) is 0 Å². The molecule has 2 aliphatic rings. The van der Waals surface area contributed by atoms with Gasteiger partial charge in [0.25, 0.3) is 0 Å². The molecule has 0 aromatic heterocycles. The standard InChI is InChI=1S/C25H40N2O3/c1-23(2,3)19-9-7-10-20(17-19)25(12-15-29-16-13-25)26-18-21-11-8-14-27(21)22(28)30-24(4,5)6/h7,9-10,17,21,26H,8,11-16,18H2,1-6H3/t21-/m0/s1. The van der Waals surface area contributed by atoms with E-state index in [1.165, 1.54) is 11.1 Å². The van der Waals surface area contributed by atoms with Gasteiger partial charge in [0.1, 0.15) is 5.60 Å². The number of hydrogen-bond donors (Lipinski definition) is 1. The Bertz CT molecular complexity index is 727. The van der Waals surface area contributed by atoms with Crippen molar-refractivity contribution in [2.24, 2.45) is 0 Å². The highest BCUT2D eigenvalue weighted by molar-refractivity contribution is 5.69. The highest BCUT2D eigenvalue weighted by atomic mass is 16.6. The number of amides is 1. The SMILES string of the molecule is CC(C)(C)OC(=O)N1CCC[C@H]1CNC1(c2cccc(C(C)(C)C)c2)CCOCC1. The van der Waals surface area contributed by atoms with Crippen LogP contribution in [-0.2, 0) is 20.4 Å². The number of hydrogen-bond acceptors (Lipinski definition) is 4. The first kappa shape index (κ1) is 23.1. The molecule has 1 aromatic carbocycles. The lowest BCUT2D eigenvalue weighted by molar-refractivity contribution is 0.0170. The van der Waals surface area contributed by atoms with Crippen LogP contribution in [0.4, 0.5) is 4.79 Å². The van der Waals surface area contributed by atoms with E-state index in [-0.39, 0.29) is 23.1 Å². The van der Waals surface area contributed by atoms with Crippen LogP contribution in [0.2, 0.25) is 0 Å². The van der Waals surface area contributed by atoms with Gasteiger partial charge in [-0.3, -0.25) is 0 Å². The maximum absolute atomic E-state index is 12.7. The summed E-state index contributed by atoms with van der Waals surface area (Å²) in [6.45, 7) is 15.6. The maximum atomic E-state index is 12.7. The highest BCUT2D eigenvalue weighted by Crippen LogP contribution is 2.35. The van der Waals surface area contributed by atoms with E-state index in [9.17, 15) is 4.79 Å². The summed E-state index contributed by atoms with van der Waals surface area (Å²) < 4.78 is 11.4. The number of carbonyl (C=O) groups is 1. The molecule has 2 heterocycles. The molecule has 5 heteroatoms. The van der Waals surface area contributed by atoms with Crippen molar-refractivity contribution < 1.29 is 14.3 Å². The van der Waals surface area contributed by atoms with Gasteiger partial charge in [-0.25, -0.2) is 4.79 Å². The predicted octanol–water partition coefficient (Wildman–Crippen LogP) is 4.98. The molecular formula is C25H40N2O3. The minimum atomic E-state index is -0.465. The molecule has 0 spiro atoms. The van der Waals surface area contributed by atoms with Gasteiger partial charge in [0.15, 0.2) is 0 Å². The van der Waals surface area contributed by atoms with Crippen LogP contribution in [-0.4, -0.2) is 48.9 Å². The number of nitrogens with zero attached hydrogens (tertiary/aromatic N) is 1. The van der Waals surface area contributed by atoms with E-state index < -0.39 is 5.60 Å². The lowest BCUT2D eigenvalue weighted by atomic mass is 9.78. The van der Waals surface area contributed by atoms with E-state index >= 15 is 0 Å². The maximum Gasteiger partial charge on any atom is 0.410 e. The van der Waals surface area contributed by atoms with Crippen LogP contribution in [0.15, 0.2) is 24.3 Å². The molecule has 0 unspecified atom stereocenters. The van der Waals surface area contributed by atoms with Crippen LogP contribution in [0, 0.1) is 0 Å². The monoisotopic (exact) mass is 416 g/mol. The number of ether oxygens (including phenoxy) is 2. The lowest BCUT2D eigenvalue weighted by Gasteiger charge is -2.41. The molecule has 0 saturated carbocycles. The Kier molecular flexibility index (Phi) is 6.83. The average Bonchev–Trinajstić information content (AvgIpc) is 3.14. The van der Waals surface area contributed by atoms with Gasteiger partial charge in [-0.05, 0) is 63.0 Å². The minimum absolute atomic E-state index is 0.109. The Balaban J connectivity index is 1.77. The second-order valence-electron chi connectivity index (χ2n) is 10.9. The van der Waals surface area contributed by atoms with E-state index in [4.69, 9.17) is 9.47 Å². The van der Waals surface area contributed by atoms with Crippen LogP contribution in [0.3, 0.4) is 0 Å². The molecule has 3 rings (SSSR count). The minimum Gasteiger partial charge on any atom is -0.444 e. The summed E-state index contributed by atoms with van der Waals surface area (Å²) in [7, 11) is 0. The van der Waals surface area contributed by atoms with Crippen molar-refractivity contribution in [1.29, 1.82) is 0 Å². The summed E-state index contributed by atoms with van der Waals surface area (Å²) in [6, 6.07) is 9.17. The Morgan fingerprint density at radius 3 is 2.53 bits per heavy atom. The van der Waals surface area contributed by atoms with Gasteiger partial charge in [0.05, 0.1) is 0 Å². The van der Waals surface area contributed by atoms with Crippen molar-refractivity contribution in [2.75, 3.05) is 26.3 Å². The normalized spacial score (nSPS) is 22.2. The second kappa shape index (κ2) is 8.88. The molecule has 1 amide bonds. The van der Waals surface area contributed by atoms with E-state index in [1.54, 1.807) is 0 Å². The third-order valence-electron chi connectivity index (χ3n) is 6.31. The number of likely N-dealkylation sites (tertiary alicyclic amines) is 1. The number of nitrogens with one attached hydrogen (secondary N) is 1. The zero-order chi connectivity index (χ0) is 22.0. The Labute approximate surface area is 182 Å².